The Bertz CT molecular complexity index is 1360. The Hall–Kier alpha value is -5.00. The summed E-state index contributed by atoms with van der Waals surface area (Å²) in [6.07, 6.45) is -9.07. The normalized spacial score (nSPS) is 13.0. The number of anilines is 2. The van der Waals surface area contributed by atoms with Gasteiger partial charge in [-0.05, 0) is 59.7 Å². The van der Waals surface area contributed by atoms with E-state index < -0.39 is 47.6 Å². The second kappa shape index (κ2) is 12.7. The van der Waals surface area contributed by atoms with Crippen molar-refractivity contribution in [2.24, 2.45) is 0 Å². The Balaban J connectivity index is 1.58. The van der Waals surface area contributed by atoms with E-state index in [1.54, 1.807) is 60.7 Å². The molecule has 4 aromatic carbocycles. The third-order valence-corrected chi connectivity index (χ3v) is 6.16. The molecule has 0 aliphatic rings. The molecule has 218 valence electrons. The Morgan fingerprint density at radius 3 is 1.07 bits per heavy atom. The van der Waals surface area contributed by atoms with E-state index in [1.807, 2.05) is 0 Å². The van der Waals surface area contributed by atoms with E-state index in [4.69, 9.17) is 0 Å². The van der Waals surface area contributed by atoms with E-state index in [0.29, 0.717) is 11.1 Å². The van der Waals surface area contributed by atoms with Gasteiger partial charge in [0, 0.05) is 11.4 Å². The molecule has 0 aliphatic heterocycles. The summed E-state index contributed by atoms with van der Waals surface area (Å²) in [7, 11) is 0. The van der Waals surface area contributed by atoms with Gasteiger partial charge in [-0.15, -0.1) is 0 Å². The van der Waals surface area contributed by atoms with Crippen LogP contribution in [-0.4, -0.2) is 12.1 Å². The number of alkyl halides is 6. The summed E-state index contributed by atoms with van der Waals surface area (Å²) in [5, 5.41) is 10.6. The lowest BCUT2D eigenvalue weighted by atomic mass is 9.93. The molecule has 12 heteroatoms. The topological polar surface area (TPSA) is 82.3 Å². The largest absolute Gasteiger partial charge is 0.416 e. The highest BCUT2D eigenvalue weighted by atomic mass is 19.4. The molecular formula is C30H24F6N4O2. The van der Waals surface area contributed by atoms with Gasteiger partial charge in [-0.2, -0.15) is 26.3 Å². The first-order valence-corrected chi connectivity index (χ1v) is 12.5. The number of halogens is 6. The predicted octanol–water partition coefficient (Wildman–Crippen LogP) is 8.15. The lowest BCUT2D eigenvalue weighted by molar-refractivity contribution is -0.138. The molecule has 4 aromatic rings. The molecule has 4 amide bonds. The molecule has 4 N–H and O–H groups in total. The van der Waals surface area contributed by atoms with Crippen LogP contribution in [0, 0.1) is 0 Å². The molecule has 2 atom stereocenters. The fraction of sp³-hybridized carbons (Fsp3) is 0.133. The van der Waals surface area contributed by atoms with Crippen LogP contribution in [0.15, 0.2) is 109 Å². The number of carbonyl (C=O) groups excluding carboxylic acids is 2. The summed E-state index contributed by atoms with van der Waals surface area (Å²) < 4.78 is 77.5. The molecule has 0 bridgehead atoms. The van der Waals surface area contributed by atoms with Crippen LogP contribution in [0.1, 0.15) is 34.3 Å². The lowest BCUT2D eigenvalue weighted by Crippen LogP contribution is -2.43. The summed E-state index contributed by atoms with van der Waals surface area (Å²) in [5.74, 6) is 0. The van der Waals surface area contributed by atoms with Gasteiger partial charge in [-0.1, -0.05) is 60.7 Å². The molecule has 6 nitrogen and oxygen atoms in total. The fourth-order valence-corrected chi connectivity index (χ4v) is 4.14. The van der Waals surface area contributed by atoms with Crippen LogP contribution >= 0.6 is 0 Å². The molecule has 2 unspecified atom stereocenters. The van der Waals surface area contributed by atoms with Crippen molar-refractivity contribution in [2.45, 2.75) is 24.4 Å². The Kier molecular flexibility index (Phi) is 9.04. The van der Waals surface area contributed by atoms with Crippen molar-refractivity contribution in [1.82, 2.24) is 10.6 Å². The van der Waals surface area contributed by atoms with E-state index >= 15 is 0 Å². The maximum atomic E-state index is 13.0. The molecule has 0 aliphatic carbocycles. The molecule has 0 heterocycles. The van der Waals surface area contributed by atoms with Crippen LogP contribution in [0.5, 0.6) is 0 Å². The average Bonchev–Trinajstić information content (AvgIpc) is 2.95. The maximum absolute atomic E-state index is 13.0. The van der Waals surface area contributed by atoms with Crippen molar-refractivity contribution in [3.8, 4) is 0 Å². The molecule has 0 spiro atoms. The van der Waals surface area contributed by atoms with Crippen LogP contribution in [0.4, 0.5) is 47.3 Å². The van der Waals surface area contributed by atoms with Gasteiger partial charge in [-0.25, -0.2) is 9.59 Å². The molecule has 0 saturated carbocycles. The molecular weight excluding hydrogens is 562 g/mol. The van der Waals surface area contributed by atoms with Gasteiger partial charge in [0.05, 0.1) is 23.2 Å². The number of benzene rings is 4. The number of hydrogen-bond donors (Lipinski definition) is 4. The van der Waals surface area contributed by atoms with Crippen LogP contribution in [0.3, 0.4) is 0 Å². The summed E-state index contributed by atoms with van der Waals surface area (Å²) in [5.41, 5.74) is -0.355. The summed E-state index contributed by atoms with van der Waals surface area (Å²) >= 11 is 0. The number of amides is 4. The molecule has 0 radical (unpaired) electrons. The third kappa shape index (κ3) is 8.03. The van der Waals surface area contributed by atoms with Crippen molar-refractivity contribution < 1.29 is 35.9 Å². The van der Waals surface area contributed by atoms with Gasteiger partial charge in [0.25, 0.3) is 0 Å². The maximum Gasteiger partial charge on any atom is 0.416 e. The first kappa shape index (κ1) is 30.0. The average molecular weight is 587 g/mol. The summed E-state index contributed by atoms with van der Waals surface area (Å²) in [6, 6.07) is 21.8. The van der Waals surface area contributed by atoms with E-state index in [9.17, 15) is 35.9 Å². The second-order valence-corrected chi connectivity index (χ2v) is 9.12. The minimum atomic E-state index is -4.53. The minimum absolute atomic E-state index is 0.108. The quantitative estimate of drug-likeness (QED) is 0.165. The Morgan fingerprint density at radius 1 is 0.476 bits per heavy atom. The zero-order valence-corrected chi connectivity index (χ0v) is 21.6. The predicted molar refractivity (Wildman–Crippen MR) is 146 cm³/mol. The number of rotatable bonds is 7. The third-order valence-electron chi connectivity index (χ3n) is 6.16. The first-order chi connectivity index (χ1) is 19.9. The summed E-state index contributed by atoms with van der Waals surface area (Å²) in [6.45, 7) is 0. The number of urea groups is 2. The van der Waals surface area contributed by atoms with E-state index in [0.717, 1.165) is 48.5 Å². The number of carbonyl (C=O) groups is 2. The monoisotopic (exact) mass is 586 g/mol. The molecule has 4 rings (SSSR count). The molecule has 42 heavy (non-hydrogen) atoms. The minimum Gasteiger partial charge on any atom is -0.329 e. The van der Waals surface area contributed by atoms with Crippen molar-refractivity contribution >= 4 is 23.4 Å². The van der Waals surface area contributed by atoms with Gasteiger partial charge < -0.3 is 21.3 Å². The molecule has 0 fully saturated rings. The fourth-order valence-electron chi connectivity index (χ4n) is 4.14. The SMILES string of the molecule is O=C(Nc1ccc(C(F)(F)F)cc1)NC(c1ccccc1)C(NC(=O)Nc1ccc(C(F)(F)F)cc1)c1ccccc1. The van der Waals surface area contributed by atoms with Gasteiger partial charge in [0.15, 0.2) is 0 Å². The van der Waals surface area contributed by atoms with Gasteiger partial charge in [0.2, 0.25) is 0 Å². The number of nitrogens with one attached hydrogen (secondary N) is 4. The molecule has 0 aromatic heterocycles. The van der Waals surface area contributed by atoms with Gasteiger partial charge in [-0.3, -0.25) is 0 Å². The highest BCUT2D eigenvalue weighted by Crippen LogP contribution is 2.32. The van der Waals surface area contributed by atoms with Gasteiger partial charge in [0.1, 0.15) is 0 Å². The number of hydrogen-bond acceptors (Lipinski definition) is 2. The highest BCUT2D eigenvalue weighted by molar-refractivity contribution is 5.91. The van der Waals surface area contributed by atoms with E-state index in [-0.39, 0.29) is 11.4 Å². The highest BCUT2D eigenvalue weighted by Gasteiger charge is 2.32. The zero-order chi connectivity index (χ0) is 30.3. The van der Waals surface area contributed by atoms with Crippen LogP contribution < -0.4 is 21.3 Å². The Morgan fingerprint density at radius 2 is 0.786 bits per heavy atom. The van der Waals surface area contributed by atoms with Crippen LogP contribution in [0.25, 0.3) is 0 Å². The standard InChI is InChI=1S/C30H24F6N4O2/c31-29(32,33)21-11-15-23(16-12-21)37-27(41)39-25(19-7-3-1-4-8-19)26(20-9-5-2-6-10-20)40-28(42)38-24-17-13-22(14-18-24)30(34,35)36/h1-18,25-26H,(H2,37,39,41)(H2,38,40,42). The Labute approximate surface area is 236 Å². The first-order valence-electron chi connectivity index (χ1n) is 12.5. The second-order valence-electron chi connectivity index (χ2n) is 9.12. The van der Waals surface area contributed by atoms with Crippen molar-refractivity contribution in [1.29, 1.82) is 0 Å². The summed E-state index contributed by atoms with van der Waals surface area (Å²) in [4.78, 5) is 26.1. The van der Waals surface area contributed by atoms with Crippen LogP contribution in [-0.2, 0) is 12.4 Å². The van der Waals surface area contributed by atoms with Crippen molar-refractivity contribution in [3.63, 3.8) is 0 Å². The van der Waals surface area contributed by atoms with E-state index in [2.05, 4.69) is 21.3 Å². The van der Waals surface area contributed by atoms with Crippen molar-refractivity contribution in [3.05, 3.63) is 131 Å². The van der Waals surface area contributed by atoms with Crippen molar-refractivity contribution in [2.75, 3.05) is 10.6 Å². The van der Waals surface area contributed by atoms with Gasteiger partial charge >= 0.3 is 24.4 Å². The smallest absolute Gasteiger partial charge is 0.329 e. The molecule has 0 saturated heterocycles. The van der Waals surface area contributed by atoms with Crippen LogP contribution in [0.2, 0.25) is 0 Å². The van der Waals surface area contributed by atoms with E-state index in [1.165, 1.54) is 0 Å². The lowest BCUT2D eigenvalue weighted by Gasteiger charge is -2.30. The zero-order valence-electron chi connectivity index (χ0n) is 21.6.